The number of aromatic nitrogens is 7. The van der Waals surface area contributed by atoms with Crippen molar-refractivity contribution in [3.8, 4) is 17.2 Å². The summed E-state index contributed by atoms with van der Waals surface area (Å²) in [5.41, 5.74) is 5.97. The highest BCUT2D eigenvalue weighted by atomic mass is 31.2. The number of imidazole rings is 1. The van der Waals surface area contributed by atoms with Gasteiger partial charge in [-0.15, -0.1) is 0 Å². The van der Waals surface area contributed by atoms with Crippen LogP contribution in [0.2, 0.25) is 0 Å². The van der Waals surface area contributed by atoms with E-state index >= 15 is 9.18 Å². The first-order chi connectivity index (χ1) is 32.4. The number of carbonyl (C=O) groups is 1. The topological polar surface area (TPSA) is 167 Å². The van der Waals surface area contributed by atoms with Gasteiger partial charge in [-0.25, -0.2) is 18.7 Å². The maximum Gasteiger partial charge on any atom is 0.438 e. The second kappa shape index (κ2) is 15.9. The standard InChI is InChI=1S/C51H57FN9O6P/c1-29-26-51(29,47-54-48(63)67-56-47)60-42-15-11-32(33-17-21-66-50(3,4)27-33)22-35(42)23-43(60)46(62)57-18-16-40-44(30(57)2)45(61(55-40)37-13-14-39(52)38(24-37)31-8-9-31)59-20-19-58(49(59)64)36-12-10-34(28-68(6,7)65)41(25-36)53-5/h10-15,19-20,22-25,29-31,33,53H,8-9,16-18,21,26-28H2,1-7H3,(H,54,56,63). The summed E-state index contributed by atoms with van der Waals surface area (Å²) in [6.45, 7) is 12.8. The lowest BCUT2D eigenvalue weighted by atomic mass is 9.83. The molecule has 6 heterocycles. The van der Waals surface area contributed by atoms with Crippen LogP contribution < -0.4 is 16.8 Å². The Hall–Kier alpha value is -6.25. The van der Waals surface area contributed by atoms with Crippen LogP contribution in [0.3, 0.4) is 0 Å². The first-order valence-electron chi connectivity index (χ1n) is 23.7. The summed E-state index contributed by atoms with van der Waals surface area (Å²) in [6, 6.07) is 18.4. The molecule has 15 nitrogen and oxygen atoms in total. The summed E-state index contributed by atoms with van der Waals surface area (Å²) in [5, 5.41) is 13.5. The van der Waals surface area contributed by atoms with Gasteiger partial charge in [0.1, 0.15) is 22.9 Å². The van der Waals surface area contributed by atoms with Crippen LogP contribution in [-0.2, 0) is 27.4 Å². The largest absolute Gasteiger partial charge is 0.438 e. The van der Waals surface area contributed by atoms with Gasteiger partial charge in [0.2, 0.25) is 0 Å². The van der Waals surface area contributed by atoms with Gasteiger partial charge in [-0.05, 0) is 149 Å². The predicted molar refractivity (Wildman–Crippen MR) is 258 cm³/mol. The minimum absolute atomic E-state index is 0.0177. The van der Waals surface area contributed by atoms with Gasteiger partial charge in [0.25, 0.3) is 5.91 Å². The molecule has 354 valence electrons. The van der Waals surface area contributed by atoms with Gasteiger partial charge >= 0.3 is 11.4 Å². The van der Waals surface area contributed by atoms with E-state index in [-0.39, 0.29) is 40.8 Å². The zero-order valence-electron chi connectivity index (χ0n) is 39.5. The Balaban J connectivity index is 1.04. The molecule has 2 aliphatic heterocycles. The summed E-state index contributed by atoms with van der Waals surface area (Å²) in [6.07, 6.45) is 8.42. The predicted octanol–water partition coefficient (Wildman–Crippen LogP) is 8.84. The average molecular weight is 942 g/mol. The molecule has 4 aliphatic rings. The van der Waals surface area contributed by atoms with Crippen LogP contribution in [0.25, 0.3) is 28.1 Å². The summed E-state index contributed by atoms with van der Waals surface area (Å²) in [7, 11) is -0.588. The lowest BCUT2D eigenvalue weighted by molar-refractivity contribution is -0.0592. The molecule has 3 aromatic carbocycles. The molecule has 0 radical (unpaired) electrons. The number of H-pyrrole nitrogens is 1. The highest BCUT2D eigenvalue weighted by Gasteiger charge is 2.59. The molecule has 4 atom stereocenters. The number of nitrogens with one attached hydrogen (secondary N) is 2. The number of amides is 1. The van der Waals surface area contributed by atoms with E-state index in [1.54, 1.807) is 52.7 Å². The van der Waals surface area contributed by atoms with Crippen LogP contribution in [0.5, 0.6) is 0 Å². The monoisotopic (exact) mass is 941 g/mol. The molecular formula is C51H57FN9O6P. The number of aromatic amines is 1. The van der Waals surface area contributed by atoms with Crippen molar-refractivity contribution in [2.24, 2.45) is 5.92 Å². The zero-order chi connectivity index (χ0) is 47.6. The summed E-state index contributed by atoms with van der Waals surface area (Å²) in [5.74, 6) is 0.100. The number of anilines is 1. The zero-order valence-corrected chi connectivity index (χ0v) is 40.4. The molecule has 2 saturated carbocycles. The Morgan fingerprint density at radius 2 is 1.72 bits per heavy atom. The third-order valence-electron chi connectivity index (χ3n) is 14.9. The van der Waals surface area contributed by atoms with Crippen LogP contribution in [-0.4, -0.2) is 83.6 Å². The summed E-state index contributed by atoms with van der Waals surface area (Å²) < 4.78 is 46.2. The molecule has 68 heavy (non-hydrogen) atoms. The minimum Gasteiger partial charge on any atom is -0.388 e. The number of fused-ring (bicyclic) bond motifs is 2. The average Bonchev–Trinajstić information content (AvgIpc) is 4.00. The van der Waals surface area contributed by atoms with Crippen molar-refractivity contribution >= 4 is 29.6 Å². The Bertz CT molecular complexity index is 3350. The Morgan fingerprint density at radius 1 is 0.956 bits per heavy atom. The van der Waals surface area contributed by atoms with E-state index < -0.39 is 24.5 Å². The van der Waals surface area contributed by atoms with Crippen molar-refractivity contribution in [1.82, 2.24) is 38.5 Å². The molecule has 0 spiro atoms. The molecule has 1 saturated heterocycles. The number of rotatable bonds is 11. The van der Waals surface area contributed by atoms with E-state index in [1.165, 1.54) is 11.6 Å². The number of hydrogen-bond donors (Lipinski definition) is 2. The van der Waals surface area contributed by atoms with Crippen molar-refractivity contribution in [2.75, 3.05) is 38.8 Å². The fourth-order valence-electron chi connectivity index (χ4n) is 11.3. The van der Waals surface area contributed by atoms with Crippen LogP contribution in [0.4, 0.5) is 10.1 Å². The highest BCUT2D eigenvalue weighted by Crippen LogP contribution is 2.56. The van der Waals surface area contributed by atoms with Crippen LogP contribution in [0, 0.1) is 11.7 Å². The van der Waals surface area contributed by atoms with Gasteiger partial charge in [0.05, 0.1) is 35.9 Å². The van der Waals surface area contributed by atoms with Crippen molar-refractivity contribution in [3.05, 3.63) is 139 Å². The van der Waals surface area contributed by atoms with Crippen LogP contribution >= 0.6 is 7.14 Å². The maximum absolute atomic E-state index is 15.6. The number of carbonyl (C=O) groups excluding carboxylic acids is 1. The van der Waals surface area contributed by atoms with Gasteiger partial charge in [-0.2, -0.15) is 5.10 Å². The molecule has 0 bridgehead atoms. The van der Waals surface area contributed by atoms with Crippen molar-refractivity contribution in [1.29, 1.82) is 0 Å². The molecule has 4 aromatic heterocycles. The summed E-state index contributed by atoms with van der Waals surface area (Å²) in [4.78, 5) is 47.6. The normalized spacial score (nSPS) is 22.4. The molecule has 7 aromatic rings. The third-order valence-corrected chi connectivity index (χ3v) is 16.0. The van der Waals surface area contributed by atoms with E-state index in [0.29, 0.717) is 72.0 Å². The van der Waals surface area contributed by atoms with Crippen LogP contribution in [0.1, 0.15) is 122 Å². The first kappa shape index (κ1) is 44.3. The fraction of sp³-hybridized carbons (Fsp3) is 0.431. The van der Waals surface area contributed by atoms with E-state index in [2.05, 4.69) is 59.0 Å². The van der Waals surface area contributed by atoms with Gasteiger partial charge < -0.3 is 24.1 Å². The minimum atomic E-state index is -2.39. The number of ether oxygens (including phenoxy) is 1. The molecule has 2 N–H and O–H groups in total. The molecule has 1 amide bonds. The number of benzene rings is 3. The summed E-state index contributed by atoms with van der Waals surface area (Å²) >= 11 is 0. The number of hydrogen-bond acceptors (Lipinski definition) is 9. The number of halogens is 1. The Labute approximate surface area is 392 Å². The van der Waals surface area contributed by atoms with Gasteiger partial charge in [0, 0.05) is 67.3 Å². The van der Waals surface area contributed by atoms with Gasteiger partial charge in [-0.3, -0.25) is 23.4 Å². The van der Waals surface area contributed by atoms with Gasteiger partial charge in [0.15, 0.2) is 5.82 Å². The van der Waals surface area contributed by atoms with E-state index in [0.717, 1.165) is 53.5 Å². The first-order valence-corrected chi connectivity index (χ1v) is 26.5. The second-order valence-electron chi connectivity index (χ2n) is 20.6. The van der Waals surface area contributed by atoms with E-state index in [4.69, 9.17) is 14.4 Å². The van der Waals surface area contributed by atoms with Crippen molar-refractivity contribution in [2.45, 2.75) is 101 Å². The molecule has 2 aliphatic carbocycles. The molecule has 4 unspecified atom stereocenters. The lowest BCUT2D eigenvalue weighted by Crippen LogP contribution is -2.41. The molecular weight excluding hydrogens is 885 g/mol. The fourth-order valence-corrected chi connectivity index (χ4v) is 12.3. The third kappa shape index (κ3) is 7.42. The Kier molecular flexibility index (Phi) is 10.4. The van der Waals surface area contributed by atoms with Crippen LogP contribution in [0.15, 0.2) is 87.2 Å². The van der Waals surface area contributed by atoms with Crippen molar-refractivity contribution < 1.29 is 23.0 Å². The maximum atomic E-state index is 15.6. The molecule has 3 fully saturated rings. The lowest BCUT2D eigenvalue weighted by Gasteiger charge is -2.35. The Morgan fingerprint density at radius 3 is 2.41 bits per heavy atom. The molecule has 17 heteroatoms. The van der Waals surface area contributed by atoms with E-state index in [9.17, 15) is 14.2 Å². The van der Waals surface area contributed by atoms with E-state index in [1.807, 2.05) is 42.2 Å². The SMILES string of the molecule is CNc1cc(-n2ccn(-c3c4c(nn3-c3ccc(F)c(C5CC5)c3)CCN(C(=O)c3cc5cc(C6CCOC(C)(C)C6)ccc5n3C3(c5noc(=O)[nH]5)CC3C)C4C)c2=O)ccc1CP(C)(C)=O. The van der Waals surface area contributed by atoms with Crippen molar-refractivity contribution in [3.63, 3.8) is 0 Å². The quantitative estimate of drug-likeness (QED) is 0.121. The number of nitrogens with zero attached hydrogens (tertiary/aromatic N) is 7. The molecule has 11 rings (SSSR count). The highest BCUT2D eigenvalue weighted by molar-refractivity contribution is 7.61. The smallest absolute Gasteiger partial charge is 0.388 e. The van der Waals surface area contributed by atoms with Gasteiger partial charge in [-0.1, -0.05) is 24.2 Å². The second-order valence-corrected chi connectivity index (χ2v) is 24.1.